The Balaban J connectivity index is 2.47. The highest BCUT2D eigenvalue weighted by Crippen LogP contribution is 2.34. The van der Waals surface area contributed by atoms with Crippen molar-refractivity contribution in [3.8, 4) is 5.75 Å². The number of hydrogen-bond donors (Lipinski definition) is 1. The summed E-state index contributed by atoms with van der Waals surface area (Å²) < 4.78 is 18.4. The normalized spacial score (nSPS) is 20.3. The summed E-state index contributed by atoms with van der Waals surface area (Å²) in [5.74, 6) is 0.286. The van der Waals surface area contributed by atoms with E-state index in [0.717, 1.165) is 12.0 Å². The van der Waals surface area contributed by atoms with Gasteiger partial charge in [-0.3, -0.25) is 0 Å². The van der Waals surface area contributed by atoms with Crippen molar-refractivity contribution in [3.63, 3.8) is 0 Å². The van der Waals surface area contributed by atoms with Crippen LogP contribution in [-0.4, -0.2) is 12.1 Å². The minimum atomic E-state index is -0.817. The maximum absolute atomic E-state index is 13.2. The fraction of sp³-hybridized carbons (Fsp3) is 0.400. The first-order chi connectivity index (χ1) is 6.59. The van der Waals surface area contributed by atoms with Crippen LogP contribution in [0, 0.1) is 12.7 Å². The van der Waals surface area contributed by atoms with Crippen molar-refractivity contribution in [3.05, 3.63) is 29.1 Å². The first kappa shape index (κ1) is 9.53. The molecule has 1 unspecified atom stereocenters. The number of fused-ring (bicyclic) bond motifs is 1. The Labute approximate surface area is 82.9 Å². The molecule has 0 fully saturated rings. The smallest absolute Gasteiger partial charge is 0.525 e. The van der Waals surface area contributed by atoms with Gasteiger partial charge in [0.2, 0.25) is 0 Å². The fourth-order valence-electron chi connectivity index (χ4n) is 1.73. The summed E-state index contributed by atoms with van der Waals surface area (Å²) in [6, 6.07) is 3.17. The number of rotatable bonds is 0. The lowest BCUT2D eigenvalue weighted by Gasteiger charge is -2.26. The van der Waals surface area contributed by atoms with Crippen LogP contribution in [0.25, 0.3) is 0 Å². The molecule has 0 saturated carbocycles. The van der Waals surface area contributed by atoms with Gasteiger partial charge < -0.3 is 9.68 Å². The number of benzene rings is 1. The van der Waals surface area contributed by atoms with E-state index in [9.17, 15) is 9.41 Å². The Morgan fingerprint density at radius 1 is 1.57 bits per heavy atom. The second kappa shape index (κ2) is 3.28. The molecule has 1 aliphatic rings. The lowest BCUT2D eigenvalue weighted by molar-refractivity contribution is 0.374. The summed E-state index contributed by atoms with van der Waals surface area (Å²) in [5.41, 5.74) is 1.45. The SMILES string of the molecule is Cc1c(F)ccc2c1OB(O)C(C)C2. The van der Waals surface area contributed by atoms with Crippen LogP contribution < -0.4 is 4.65 Å². The third-order valence-electron chi connectivity index (χ3n) is 2.69. The Hall–Kier alpha value is -1.03. The van der Waals surface area contributed by atoms with Gasteiger partial charge in [-0.2, -0.15) is 0 Å². The third-order valence-corrected chi connectivity index (χ3v) is 2.69. The number of hydrogen-bond acceptors (Lipinski definition) is 2. The van der Waals surface area contributed by atoms with Gasteiger partial charge >= 0.3 is 7.12 Å². The van der Waals surface area contributed by atoms with Gasteiger partial charge in [-0.25, -0.2) is 4.39 Å². The Bertz CT molecular complexity index is 367. The standard InChI is InChI=1S/C10H12BFO2/c1-6-5-8-3-4-9(12)7(2)10(8)14-11(6)13/h3-4,6,13H,5H2,1-2H3. The van der Waals surface area contributed by atoms with Gasteiger partial charge in [-0.05, 0) is 25.0 Å². The van der Waals surface area contributed by atoms with Crippen molar-refractivity contribution < 1.29 is 14.1 Å². The van der Waals surface area contributed by atoms with E-state index in [2.05, 4.69) is 0 Å². The van der Waals surface area contributed by atoms with Crippen LogP contribution in [0.5, 0.6) is 5.75 Å². The van der Waals surface area contributed by atoms with Gasteiger partial charge in [0.25, 0.3) is 0 Å². The number of halogens is 1. The van der Waals surface area contributed by atoms with E-state index in [4.69, 9.17) is 4.65 Å². The summed E-state index contributed by atoms with van der Waals surface area (Å²) in [6.45, 7) is 3.57. The Morgan fingerprint density at radius 3 is 3.00 bits per heavy atom. The molecule has 1 aliphatic heterocycles. The van der Waals surface area contributed by atoms with Crippen LogP contribution in [0.1, 0.15) is 18.1 Å². The first-order valence-electron chi connectivity index (χ1n) is 4.72. The van der Waals surface area contributed by atoms with Crippen molar-refractivity contribution in [1.29, 1.82) is 0 Å². The van der Waals surface area contributed by atoms with E-state index >= 15 is 0 Å². The lowest BCUT2D eigenvalue weighted by Crippen LogP contribution is -2.32. The molecule has 0 radical (unpaired) electrons. The summed E-state index contributed by atoms with van der Waals surface area (Å²) in [7, 11) is -0.817. The Kier molecular flexibility index (Phi) is 2.23. The molecule has 1 N–H and O–H groups in total. The molecule has 4 heteroatoms. The average molecular weight is 194 g/mol. The molecule has 1 aromatic rings. The van der Waals surface area contributed by atoms with Crippen LogP contribution in [-0.2, 0) is 6.42 Å². The van der Waals surface area contributed by atoms with E-state index in [1.807, 2.05) is 6.92 Å². The second-order valence-electron chi connectivity index (χ2n) is 3.85. The zero-order chi connectivity index (χ0) is 10.3. The fourth-order valence-corrected chi connectivity index (χ4v) is 1.73. The van der Waals surface area contributed by atoms with E-state index in [1.165, 1.54) is 6.07 Å². The van der Waals surface area contributed by atoms with Gasteiger partial charge in [-0.1, -0.05) is 13.0 Å². The highest BCUT2D eigenvalue weighted by molar-refractivity contribution is 6.46. The molecule has 0 spiro atoms. The van der Waals surface area contributed by atoms with Crippen molar-refractivity contribution in [2.45, 2.75) is 26.1 Å². The maximum atomic E-state index is 13.2. The monoisotopic (exact) mass is 194 g/mol. The molecule has 0 saturated heterocycles. The predicted octanol–water partition coefficient (Wildman–Crippen LogP) is 1.94. The van der Waals surface area contributed by atoms with Crippen molar-refractivity contribution in [2.75, 3.05) is 0 Å². The van der Waals surface area contributed by atoms with Gasteiger partial charge in [0.15, 0.2) is 0 Å². The average Bonchev–Trinajstić information content (AvgIpc) is 2.15. The molecule has 0 aromatic heterocycles. The lowest BCUT2D eigenvalue weighted by atomic mass is 9.68. The van der Waals surface area contributed by atoms with E-state index in [0.29, 0.717) is 11.3 Å². The van der Waals surface area contributed by atoms with Gasteiger partial charge in [0.1, 0.15) is 11.6 Å². The summed E-state index contributed by atoms with van der Waals surface area (Å²) in [5, 5.41) is 9.50. The highest BCUT2D eigenvalue weighted by atomic mass is 19.1. The molecule has 0 aliphatic carbocycles. The Morgan fingerprint density at radius 2 is 2.29 bits per heavy atom. The van der Waals surface area contributed by atoms with Crippen molar-refractivity contribution >= 4 is 7.12 Å². The molecule has 2 nitrogen and oxygen atoms in total. The largest absolute Gasteiger partial charge is 0.535 e. The van der Waals surface area contributed by atoms with E-state index in [1.54, 1.807) is 13.0 Å². The zero-order valence-electron chi connectivity index (χ0n) is 8.25. The van der Waals surface area contributed by atoms with Crippen molar-refractivity contribution in [2.24, 2.45) is 0 Å². The third kappa shape index (κ3) is 1.40. The molecule has 0 amide bonds. The van der Waals surface area contributed by atoms with Crippen LogP contribution in [0.4, 0.5) is 4.39 Å². The predicted molar refractivity (Wildman–Crippen MR) is 52.9 cm³/mol. The summed E-state index contributed by atoms with van der Waals surface area (Å²) in [4.78, 5) is 0. The van der Waals surface area contributed by atoms with Gasteiger partial charge in [-0.15, -0.1) is 0 Å². The second-order valence-corrected chi connectivity index (χ2v) is 3.85. The van der Waals surface area contributed by atoms with Crippen LogP contribution in [0.15, 0.2) is 12.1 Å². The molecule has 0 bridgehead atoms. The molecule has 1 heterocycles. The first-order valence-corrected chi connectivity index (χ1v) is 4.72. The van der Waals surface area contributed by atoms with E-state index in [-0.39, 0.29) is 11.6 Å². The molecule has 2 rings (SSSR count). The van der Waals surface area contributed by atoms with Crippen LogP contribution in [0.3, 0.4) is 0 Å². The highest BCUT2D eigenvalue weighted by Gasteiger charge is 2.32. The van der Waals surface area contributed by atoms with E-state index < -0.39 is 7.12 Å². The van der Waals surface area contributed by atoms with Gasteiger partial charge in [0, 0.05) is 11.4 Å². The molecular weight excluding hydrogens is 182 g/mol. The van der Waals surface area contributed by atoms with Crippen LogP contribution in [0.2, 0.25) is 5.82 Å². The molecular formula is C10H12BFO2. The topological polar surface area (TPSA) is 29.5 Å². The summed E-state index contributed by atoms with van der Waals surface area (Å²) >= 11 is 0. The van der Waals surface area contributed by atoms with Crippen LogP contribution >= 0.6 is 0 Å². The molecule has 1 aromatic carbocycles. The molecule has 14 heavy (non-hydrogen) atoms. The summed E-state index contributed by atoms with van der Waals surface area (Å²) in [6.07, 6.45) is 0.734. The van der Waals surface area contributed by atoms with Gasteiger partial charge in [0.05, 0.1) is 0 Å². The minimum Gasteiger partial charge on any atom is -0.535 e. The molecule has 1 atom stereocenters. The molecule has 74 valence electrons. The quantitative estimate of drug-likeness (QED) is 0.639. The minimum absolute atomic E-state index is 0.0624. The zero-order valence-corrected chi connectivity index (χ0v) is 8.25. The maximum Gasteiger partial charge on any atom is 0.525 e. The van der Waals surface area contributed by atoms with Crippen molar-refractivity contribution in [1.82, 2.24) is 0 Å².